The van der Waals surface area contributed by atoms with Gasteiger partial charge in [-0.1, -0.05) is 418 Å². The number of aliphatic hydroxyl groups excluding tert-OH is 2. The van der Waals surface area contributed by atoms with Crippen LogP contribution < -0.4 is 5.32 Å². The first-order valence-corrected chi connectivity index (χ1v) is 36.2. The first-order chi connectivity index (χ1) is 37.7. The molecule has 4 heteroatoms. The average molecular weight is 1070 g/mol. The third-order valence-electron chi connectivity index (χ3n) is 17.6. The number of hydrogen-bond acceptors (Lipinski definition) is 3. The van der Waals surface area contributed by atoms with Crippen molar-refractivity contribution >= 4 is 5.91 Å². The van der Waals surface area contributed by atoms with Crippen LogP contribution in [0.3, 0.4) is 0 Å². The van der Waals surface area contributed by atoms with E-state index in [4.69, 9.17) is 0 Å². The summed E-state index contributed by atoms with van der Waals surface area (Å²) in [6.45, 7) is 4.42. The van der Waals surface area contributed by atoms with Gasteiger partial charge in [0.05, 0.1) is 18.8 Å². The molecule has 0 saturated carbocycles. The summed E-state index contributed by atoms with van der Waals surface area (Å²) in [5.74, 6) is -0.0193. The fraction of sp³-hybridized carbons (Fsp3) is 0.986. The first kappa shape index (κ1) is 75.4. The maximum absolute atomic E-state index is 12.6. The number of nitrogens with one attached hydrogen (secondary N) is 1. The monoisotopic (exact) mass is 1070 g/mol. The standard InChI is InChI=1S/C72H145NO3/c1-3-5-7-9-11-13-15-17-19-21-23-25-27-28-29-30-31-32-33-34-35-36-37-38-39-40-41-42-43-44-46-48-50-52-54-56-58-60-62-64-66-68-72(76)73-70(69-74)71(75)67-65-63-61-59-57-55-53-51-49-47-45-26-24-22-20-18-16-14-12-10-8-6-4-2/h70-71,74-75H,3-69H2,1-2H3,(H,73,76). The third-order valence-corrected chi connectivity index (χ3v) is 17.6. The van der Waals surface area contributed by atoms with Crippen LogP contribution in [0.5, 0.6) is 0 Å². The summed E-state index contributed by atoms with van der Waals surface area (Å²) >= 11 is 0. The van der Waals surface area contributed by atoms with Gasteiger partial charge in [-0.2, -0.15) is 0 Å². The highest BCUT2D eigenvalue weighted by Crippen LogP contribution is 2.20. The Bertz CT molecular complexity index is 1030. The number of amides is 1. The first-order valence-electron chi connectivity index (χ1n) is 36.2. The van der Waals surface area contributed by atoms with Gasteiger partial charge in [0.15, 0.2) is 0 Å². The minimum Gasteiger partial charge on any atom is -0.394 e. The zero-order valence-electron chi connectivity index (χ0n) is 52.8. The van der Waals surface area contributed by atoms with Crippen LogP contribution in [0, 0.1) is 0 Å². The molecule has 0 fully saturated rings. The summed E-state index contributed by atoms with van der Waals surface area (Å²) in [4.78, 5) is 12.6. The topological polar surface area (TPSA) is 69.6 Å². The molecule has 4 nitrogen and oxygen atoms in total. The van der Waals surface area contributed by atoms with Crippen LogP contribution in [0.1, 0.15) is 438 Å². The van der Waals surface area contributed by atoms with E-state index in [2.05, 4.69) is 19.2 Å². The minimum atomic E-state index is -0.656. The molecule has 0 aromatic carbocycles. The number of carbonyl (C=O) groups excluding carboxylic acids is 1. The van der Waals surface area contributed by atoms with Crippen LogP contribution in [-0.2, 0) is 4.79 Å². The van der Waals surface area contributed by atoms with Crippen molar-refractivity contribution in [1.29, 1.82) is 0 Å². The summed E-state index contributed by atoms with van der Waals surface area (Å²) in [7, 11) is 0. The highest BCUT2D eigenvalue weighted by molar-refractivity contribution is 5.76. The van der Waals surface area contributed by atoms with E-state index in [-0.39, 0.29) is 12.5 Å². The molecule has 0 aliphatic carbocycles. The molecular weight excluding hydrogens is 927 g/mol. The van der Waals surface area contributed by atoms with Crippen molar-refractivity contribution in [3.63, 3.8) is 0 Å². The fourth-order valence-corrected chi connectivity index (χ4v) is 12.1. The van der Waals surface area contributed by atoms with E-state index in [0.29, 0.717) is 12.8 Å². The van der Waals surface area contributed by atoms with Gasteiger partial charge in [0.25, 0.3) is 0 Å². The lowest BCUT2D eigenvalue weighted by Gasteiger charge is -2.22. The summed E-state index contributed by atoms with van der Waals surface area (Å²) < 4.78 is 0. The van der Waals surface area contributed by atoms with Crippen LogP contribution in [-0.4, -0.2) is 34.9 Å². The Labute approximate surface area is 480 Å². The molecule has 0 aromatic rings. The molecule has 3 N–H and O–H groups in total. The van der Waals surface area contributed by atoms with Gasteiger partial charge in [0.2, 0.25) is 5.91 Å². The van der Waals surface area contributed by atoms with Crippen LogP contribution in [0.4, 0.5) is 0 Å². The lowest BCUT2D eigenvalue weighted by atomic mass is 10.0. The molecule has 0 rings (SSSR count). The van der Waals surface area contributed by atoms with Gasteiger partial charge in [-0.25, -0.2) is 0 Å². The molecule has 76 heavy (non-hydrogen) atoms. The van der Waals surface area contributed by atoms with Crippen LogP contribution in [0.15, 0.2) is 0 Å². The molecule has 0 radical (unpaired) electrons. The largest absolute Gasteiger partial charge is 0.394 e. The van der Waals surface area contributed by atoms with Crippen molar-refractivity contribution in [2.75, 3.05) is 6.61 Å². The number of unbranched alkanes of at least 4 members (excludes halogenated alkanes) is 62. The molecule has 0 spiro atoms. The van der Waals surface area contributed by atoms with E-state index >= 15 is 0 Å². The molecule has 2 unspecified atom stereocenters. The van der Waals surface area contributed by atoms with Crippen molar-refractivity contribution in [1.82, 2.24) is 5.32 Å². The summed E-state index contributed by atoms with van der Waals surface area (Å²) in [5, 5.41) is 23.5. The summed E-state index contributed by atoms with van der Waals surface area (Å²) in [5.41, 5.74) is 0. The van der Waals surface area contributed by atoms with Gasteiger partial charge >= 0.3 is 0 Å². The van der Waals surface area contributed by atoms with E-state index in [1.807, 2.05) is 0 Å². The highest BCUT2D eigenvalue weighted by atomic mass is 16.3. The summed E-state index contributed by atoms with van der Waals surface area (Å²) in [6, 6.07) is -0.533. The second-order valence-corrected chi connectivity index (χ2v) is 25.4. The third kappa shape index (κ3) is 64.2. The number of rotatable bonds is 69. The highest BCUT2D eigenvalue weighted by Gasteiger charge is 2.20. The van der Waals surface area contributed by atoms with E-state index in [0.717, 1.165) is 25.7 Å². The Kier molecular flexibility index (Phi) is 68.1. The SMILES string of the molecule is CCCCCCCCCCCCCCCCCCCCCCCCCCCCCCCCCCCCCCCCCCCC(=O)NC(CO)C(O)CCCCCCCCCCCCCCCCCCCCCCCCC. The average Bonchev–Trinajstić information content (AvgIpc) is 3.42. The Morgan fingerprint density at radius 2 is 0.421 bits per heavy atom. The lowest BCUT2D eigenvalue weighted by molar-refractivity contribution is -0.123. The van der Waals surface area contributed by atoms with Gasteiger partial charge < -0.3 is 15.5 Å². The Balaban J connectivity index is 3.32. The zero-order chi connectivity index (χ0) is 54.8. The Morgan fingerprint density at radius 3 is 0.592 bits per heavy atom. The van der Waals surface area contributed by atoms with E-state index < -0.39 is 12.1 Å². The second-order valence-electron chi connectivity index (χ2n) is 25.4. The van der Waals surface area contributed by atoms with Crippen molar-refractivity contribution in [3.05, 3.63) is 0 Å². The van der Waals surface area contributed by atoms with Crippen molar-refractivity contribution in [2.45, 2.75) is 450 Å². The van der Waals surface area contributed by atoms with Crippen molar-refractivity contribution in [3.8, 4) is 0 Å². The molecule has 0 heterocycles. The Hall–Kier alpha value is -0.610. The van der Waals surface area contributed by atoms with Gasteiger partial charge in [-0.15, -0.1) is 0 Å². The second kappa shape index (κ2) is 68.7. The molecule has 1 amide bonds. The van der Waals surface area contributed by atoms with Crippen molar-refractivity contribution in [2.24, 2.45) is 0 Å². The van der Waals surface area contributed by atoms with Crippen LogP contribution >= 0.6 is 0 Å². The predicted molar refractivity (Wildman–Crippen MR) is 341 cm³/mol. The van der Waals surface area contributed by atoms with E-state index in [1.54, 1.807) is 0 Å². The number of aliphatic hydroxyl groups is 2. The molecule has 456 valence electrons. The van der Waals surface area contributed by atoms with Crippen LogP contribution in [0.25, 0.3) is 0 Å². The molecular formula is C72H145NO3. The number of hydrogen-bond donors (Lipinski definition) is 3. The minimum absolute atomic E-state index is 0.0193. The molecule has 0 saturated heterocycles. The maximum Gasteiger partial charge on any atom is 0.220 e. The van der Waals surface area contributed by atoms with E-state index in [1.165, 1.54) is 385 Å². The maximum atomic E-state index is 12.6. The molecule has 0 aliphatic rings. The lowest BCUT2D eigenvalue weighted by Crippen LogP contribution is -2.45. The van der Waals surface area contributed by atoms with Crippen LogP contribution in [0.2, 0.25) is 0 Å². The number of carbonyl (C=O) groups is 1. The van der Waals surface area contributed by atoms with Crippen molar-refractivity contribution < 1.29 is 15.0 Å². The van der Waals surface area contributed by atoms with Gasteiger partial charge in [0.1, 0.15) is 0 Å². The normalized spacial score (nSPS) is 12.5. The molecule has 0 bridgehead atoms. The van der Waals surface area contributed by atoms with E-state index in [9.17, 15) is 15.0 Å². The van der Waals surface area contributed by atoms with Gasteiger partial charge in [0, 0.05) is 6.42 Å². The van der Waals surface area contributed by atoms with Gasteiger partial charge in [-0.05, 0) is 12.8 Å². The summed E-state index contributed by atoms with van der Waals surface area (Å²) in [6.07, 6.45) is 90.5. The smallest absolute Gasteiger partial charge is 0.220 e. The fourth-order valence-electron chi connectivity index (χ4n) is 12.1. The zero-order valence-corrected chi connectivity index (χ0v) is 52.8. The molecule has 0 aromatic heterocycles. The molecule has 0 aliphatic heterocycles. The quantitative estimate of drug-likeness (QED) is 0.0532. The molecule has 2 atom stereocenters. The van der Waals surface area contributed by atoms with Gasteiger partial charge in [-0.3, -0.25) is 4.79 Å². The Morgan fingerprint density at radius 1 is 0.263 bits per heavy atom. The predicted octanol–water partition coefficient (Wildman–Crippen LogP) is 24.6.